The molecule has 2 bridgehead atoms. The molecule has 0 aromatic carbocycles. The van der Waals surface area contributed by atoms with Crippen LogP contribution >= 0.6 is 11.6 Å². The molecule has 0 aromatic rings. The minimum absolute atomic E-state index is 0.00752. The zero-order valence-electron chi connectivity index (χ0n) is 8.75. The minimum Gasteiger partial charge on any atom is -0.388 e. The number of hydrogen-bond donors (Lipinski definition) is 1. The van der Waals surface area contributed by atoms with E-state index in [1.807, 2.05) is 0 Å². The van der Waals surface area contributed by atoms with Crippen LogP contribution in [0.2, 0.25) is 0 Å². The summed E-state index contributed by atoms with van der Waals surface area (Å²) >= 11 is 6.04. The van der Waals surface area contributed by atoms with Gasteiger partial charge in [0.2, 0.25) is 0 Å². The average Bonchev–Trinajstić information content (AvgIpc) is 2.75. The molecule has 0 saturated heterocycles. The molecule has 5 unspecified atom stereocenters. The van der Waals surface area contributed by atoms with E-state index in [4.69, 9.17) is 11.6 Å². The van der Waals surface area contributed by atoms with Gasteiger partial charge in [0.05, 0.1) is 6.10 Å². The van der Waals surface area contributed by atoms with Crippen molar-refractivity contribution in [3.63, 3.8) is 0 Å². The molecule has 2 heteroatoms. The van der Waals surface area contributed by atoms with Crippen molar-refractivity contribution in [1.29, 1.82) is 0 Å². The summed E-state index contributed by atoms with van der Waals surface area (Å²) < 4.78 is 0. The smallest absolute Gasteiger partial charge is 0.0777 e. The topological polar surface area (TPSA) is 20.2 Å². The highest BCUT2D eigenvalue weighted by atomic mass is 35.5. The fraction of sp³-hybridized carbons (Fsp3) is 0.833. The van der Waals surface area contributed by atoms with Crippen LogP contribution in [0.5, 0.6) is 0 Å². The molecular formula is C12H19ClO. The van der Waals surface area contributed by atoms with Crippen molar-refractivity contribution < 1.29 is 5.11 Å². The molecule has 0 radical (unpaired) electrons. The van der Waals surface area contributed by atoms with Crippen LogP contribution in [-0.2, 0) is 0 Å². The van der Waals surface area contributed by atoms with E-state index in [1.165, 1.54) is 19.3 Å². The van der Waals surface area contributed by atoms with Crippen LogP contribution in [0.1, 0.15) is 26.2 Å². The molecule has 2 aliphatic rings. The molecule has 5 atom stereocenters. The quantitative estimate of drug-likeness (QED) is 0.566. The Morgan fingerprint density at radius 1 is 1.64 bits per heavy atom. The van der Waals surface area contributed by atoms with Gasteiger partial charge in [-0.05, 0) is 37.0 Å². The maximum Gasteiger partial charge on any atom is 0.0777 e. The molecule has 2 fully saturated rings. The van der Waals surface area contributed by atoms with Crippen molar-refractivity contribution in [2.45, 2.75) is 32.3 Å². The lowest BCUT2D eigenvalue weighted by Gasteiger charge is -2.43. The highest BCUT2D eigenvalue weighted by Crippen LogP contribution is 2.61. The molecule has 2 aliphatic carbocycles. The largest absolute Gasteiger partial charge is 0.388 e. The summed E-state index contributed by atoms with van der Waals surface area (Å²) in [5.41, 5.74) is -0.00752. The standard InChI is InChI=1S/C12H19ClO/c1-3-11(14)12(2)9-5-4-8(6-9)10(12)7-13/h3,8-11,14H,1,4-7H2,2H3. The number of rotatable bonds is 3. The van der Waals surface area contributed by atoms with Gasteiger partial charge in [0.1, 0.15) is 0 Å². The van der Waals surface area contributed by atoms with Crippen molar-refractivity contribution in [3.8, 4) is 0 Å². The number of alkyl halides is 1. The average molecular weight is 215 g/mol. The highest BCUT2D eigenvalue weighted by Gasteiger charge is 2.57. The summed E-state index contributed by atoms with van der Waals surface area (Å²) in [6.07, 6.45) is 5.13. The summed E-state index contributed by atoms with van der Waals surface area (Å²) in [6.45, 7) is 5.90. The second-order valence-corrected chi connectivity index (χ2v) is 5.39. The molecule has 0 aliphatic heterocycles. The normalized spacial score (nSPS) is 48.1. The SMILES string of the molecule is C=CC(O)C1(C)C2CCC(C2)C1CCl. The van der Waals surface area contributed by atoms with Crippen molar-refractivity contribution in [3.05, 3.63) is 12.7 Å². The van der Waals surface area contributed by atoms with E-state index in [0.29, 0.717) is 17.7 Å². The van der Waals surface area contributed by atoms with Crippen molar-refractivity contribution in [2.24, 2.45) is 23.2 Å². The molecule has 2 saturated carbocycles. The lowest BCUT2D eigenvalue weighted by Crippen LogP contribution is -2.43. The van der Waals surface area contributed by atoms with Gasteiger partial charge in [-0.3, -0.25) is 0 Å². The molecule has 14 heavy (non-hydrogen) atoms. The molecule has 0 aromatic heterocycles. The Kier molecular flexibility index (Phi) is 2.65. The monoisotopic (exact) mass is 214 g/mol. The van der Waals surface area contributed by atoms with Crippen molar-refractivity contribution in [1.82, 2.24) is 0 Å². The van der Waals surface area contributed by atoms with Crippen LogP contribution < -0.4 is 0 Å². The van der Waals surface area contributed by atoms with Gasteiger partial charge in [-0.15, -0.1) is 18.2 Å². The Bertz CT molecular complexity index is 240. The van der Waals surface area contributed by atoms with Gasteiger partial charge in [0.15, 0.2) is 0 Å². The Hall–Kier alpha value is -0.0100. The van der Waals surface area contributed by atoms with E-state index in [-0.39, 0.29) is 11.5 Å². The van der Waals surface area contributed by atoms with Gasteiger partial charge in [-0.25, -0.2) is 0 Å². The minimum atomic E-state index is -0.387. The first-order valence-electron chi connectivity index (χ1n) is 5.51. The van der Waals surface area contributed by atoms with Crippen LogP contribution in [0.15, 0.2) is 12.7 Å². The van der Waals surface area contributed by atoms with Gasteiger partial charge in [-0.1, -0.05) is 13.0 Å². The summed E-state index contributed by atoms with van der Waals surface area (Å²) in [5.74, 6) is 2.57. The van der Waals surface area contributed by atoms with Gasteiger partial charge >= 0.3 is 0 Å². The molecule has 0 heterocycles. The number of halogens is 1. The molecule has 1 N–H and O–H groups in total. The Balaban J connectivity index is 2.28. The summed E-state index contributed by atoms with van der Waals surface area (Å²) in [7, 11) is 0. The van der Waals surface area contributed by atoms with Crippen LogP contribution in [0, 0.1) is 23.2 Å². The van der Waals surface area contributed by atoms with Gasteiger partial charge in [0.25, 0.3) is 0 Å². The lowest BCUT2D eigenvalue weighted by atomic mass is 9.65. The van der Waals surface area contributed by atoms with Crippen LogP contribution in [-0.4, -0.2) is 17.1 Å². The molecule has 2 rings (SSSR count). The maximum atomic E-state index is 10.1. The predicted molar refractivity (Wildman–Crippen MR) is 59.4 cm³/mol. The fourth-order valence-corrected chi connectivity index (χ4v) is 4.35. The van der Waals surface area contributed by atoms with E-state index >= 15 is 0 Å². The van der Waals surface area contributed by atoms with E-state index in [9.17, 15) is 5.11 Å². The van der Waals surface area contributed by atoms with Crippen LogP contribution in [0.3, 0.4) is 0 Å². The van der Waals surface area contributed by atoms with Crippen molar-refractivity contribution in [2.75, 3.05) is 5.88 Å². The summed E-state index contributed by atoms with van der Waals surface area (Å²) in [5, 5.41) is 10.1. The fourth-order valence-electron chi connectivity index (χ4n) is 3.76. The number of aliphatic hydroxyl groups excluding tert-OH is 1. The van der Waals surface area contributed by atoms with Crippen LogP contribution in [0.25, 0.3) is 0 Å². The second-order valence-electron chi connectivity index (χ2n) is 5.08. The van der Waals surface area contributed by atoms with E-state index in [1.54, 1.807) is 6.08 Å². The molecule has 1 nitrogen and oxygen atoms in total. The molecule has 0 spiro atoms. The lowest BCUT2D eigenvalue weighted by molar-refractivity contribution is -0.00810. The highest BCUT2D eigenvalue weighted by molar-refractivity contribution is 6.18. The maximum absolute atomic E-state index is 10.1. The summed E-state index contributed by atoms with van der Waals surface area (Å²) in [4.78, 5) is 0. The third-order valence-corrected chi connectivity index (χ3v) is 5.08. The Morgan fingerprint density at radius 3 is 2.93 bits per heavy atom. The zero-order valence-corrected chi connectivity index (χ0v) is 9.50. The van der Waals surface area contributed by atoms with Gasteiger partial charge < -0.3 is 5.11 Å². The van der Waals surface area contributed by atoms with Crippen molar-refractivity contribution >= 4 is 11.6 Å². The van der Waals surface area contributed by atoms with Gasteiger partial charge in [-0.2, -0.15) is 0 Å². The second kappa shape index (κ2) is 3.53. The first kappa shape index (κ1) is 10.5. The first-order chi connectivity index (χ1) is 6.64. The van der Waals surface area contributed by atoms with E-state index in [0.717, 1.165) is 5.92 Å². The third kappa shape index (κ3) is 1.18. The number of fused-ring (bicyclic) bond motifs is 2. The third-order valence-electron chi connectivity index (χ3n) is 4.75. The number of aliphatic hydroxyl groups is 1. The van der Waals surface area contributed by atoms with Crippen LogP contribution in [0.4, 0.5) is 0 Å². The summed E-state index contributed by atoms with van der Waals surface area (Å²) in [6, 6.07) is 0. The predicted octanol–water partition coefficient (Wildman–Crippen LogP) is 2.82. The van der Waals surface area contributed by atoms with E-state index < -0.39 is 0 Å². The Morgan fingerprint density at radius 2 is 2.36 bits per heavy atom. The Labute approximate surface area is 91.1 Å². The first-order valence-corrected chi connectivity index (χ1v) is 6.04. The molecule has 80 valence electrons. The molecule has 0 amide bonds. The van der Waals surface area contributed by atoms with Gasteiger partial charge in [0, 0.05) is 11.3 Å². The van der Waals surface area contributed by atoms with E-state index in [2.05, 4.69) is 13.5 Å². The number of hydrogen-bond acceptors (Lipinski definition) is 1. The molecular weight excluding hydrogens is 196 g/mol. The zero-order chi connectivity index (χ0) is 10.3.